The minimum atomic E-state index is -4.51. The Bertz CT molecular complexity index is 1860. The number of carbonyl (C=O) groups excluding carboxylic acids is 1. The van der Waals surface area contributed by atoms with E-state index in [-0.39, 0.29) is 28.0 Å². The molecule has 0 aliphatic heterocycles. The lowest BCUT2D eigenvalue weighted by atomic mass is 9.88. The van der Waals surface area contributed by atoms with Crippen LogP contribution in [0.3, 0.4) is 0 Å². The molecule has 2 aromatic heterocycles. The highest BCUT2D eigenvalue weighted by atomic mass is 19.4. The van der Waals surface area contributed by atoms with Gasteiger partial charge in [-0.05, 0) is 78.3 Å². The first-order valence-corrected chi connectivity index (χ1v) is 15.9. The minimum Gasteiger partial charge on any atom is -0.477 e. The number of nitrogens with one attached hydrogen (secondary N) is 1. The Hall–Kier alpha value is -4.92. The van der Waals surface area contributed by atoms with Gasteiger partial charge in [0, 0.05) is 48.2 Å². The number of fused-ring (bicyclic) bond motifs is 1. The van der Waals surface area contributed by atoms with Crippen LogP contribution in [0.25, 0.3) is 28.1 Å². The van der Waals surface area contributed by atoms with Gasteiger partial charge >= 0.3 is 6.18 Å². The molecule has 1 aliphatic carbocycles. The van der Waals surface area contributed by atoms with E-state index < -0.39 is 18.4 Å². The van der Waals surface area contributed by atoms with Crippen molar-refractivity contribution < 1.29 is 27.1 Å². The van der Waals surface area contributed by atoms with Crippen LogP contribution in [0.5, 0.6) is 5.88 Å². The first kappa shape index (κ1) is 34.4. The number of H-pyrrole nitrogens is 1. The van der Waals surface area contributed by atoms with Crippen molar-refractivity contribution in [3.63, 3.8) is 0 Å². The van der Waals surface area contributed by atoms with E-state index in [1.807, 2.05) is 6.08 Å². The number of halogens is 4. The summed E-state index contributed by atoms with van der Waals surface area (Å²) in [5.41, 5.74) is 3.43. The van der Waals surface area contributed by atoms with Crippen molar-refractivity contribution in [3.8, 4) is 5.88 Å². The number of likely N-dealkylation sites (N-methyl/N-ethyl adjacent to an activating group) is 1. The lowest BCUT2D eigenvalue weighted by molar-refractivity contribution is -0.124. The molecule has 0 bridgehead atoms. The number of rotatable bonds is 13. The molecule has 2 heterocycles. The molecule has 1 aliphatic rings. The summed E-state index contributed by atoms with van der Waals surface area (Å²) in [6.45, 7) is 6.13. The van der Waals surface area contributed by atoms with Gasteiger partial charge in [-0.25, -0.2) is 9.37 Å². The molecule has 4 aromatic rings. The average molecular weight is 658 g/mol. The highest BCUT2D eigenvalue weighted by Crippen LogP contribution is 2.48. The van der Waals surface area contributed by atoms with Crippen molar-refractivity contribution in [1.29, 1.82) is 0 Å². The quantitative estimate of drug-likeness (QED) is 0.0674. The second-order valence-corrected chi connectivity index (χ2v) is 12.4. The number of aromatic amines is 1. The lowest BCUT2D eigenvalue weighted by Crippen LogP contribution is -2.18. The summed E-state index contributed by atoms with van der Waals surface area (Å²) < 4.78 is 63.6. The smallest absolute Gasteiger partial charge is 0.393 e. The van der Waals surface area contributed by atoms with E-state index in [2.05, 4.69) is 29.5 Å². The topological polar surface area (TPSA) is 58.2 Å². The Labute approximate surface area is 278 Å². The molecular weight excluding hydrogens is 618 g/mol. The van der Waals surface area contributed by atoms with E-state index in [0.29, 0.717) is 46.7 Å². The Morgan fingerprint density at radius 3 is 2.40 bits per heavy atom. The largest absolute Gasteiger partial charge is 0.477 e. The van der Waals surface area contributed by atoms with E-state index in [0.717, 1.165) is 19.3 Å². The summed E-state index contributed by atoms with van der Waals surface area (Å²) in [7, 11) is 3.43. The zero-order valence-corrected chi connectivity index (χ0v) is 27.3. The van der Waals surface area contributed by atoms with Crippen molar-refractivity contribution in [2.75, 3.05) is 20.7 Å². The summed E-state index contributed by atoms with van der Waals surface area (Å²) in [5.74, 6) is -0.226. The molecule has 1 fully saturated rings. The maximum atomic E-state index is 15.2. The average Bonchev–Trinajstić information content (AvgIpc) is 3.77. The van der Waals surface area contributed by atoms with Crippen LogP contribution in [0.2, 0.25) is 0 Å². The van der Waals surface area contributed by atoms with Gasteiger partial charge in [0.1, 0.15) is 0 Å². The molecule has 0 atom stereocenters. The molecule has 48 heavy (non-hydrogen) atoms. The SMILES string of the molecule is C=Cc1[nH]c2ccc(/C(=C(\CC(F)(F)F)c3ccccc3)c3ccc(OCC4(/C=C(\CC)C/C=C/C(=O)N(C)C)CC4)nc3)cc2c1F. The number of aromatic nitrogens is 2. The number of ether oxygens (including phenoxy) is 1. The van der Waals surface area contributed by atoms with E-state index in [9.17, 15) is 18.0 Å². The normalized spacial score (nSPS) is 15.0. The van der Waals surface area contributed by atoms with Crippen LogP contribution < -0.4 is 4.74 Å². The number of alkyl halides is 3. The van der Waals surface area contributed by atoms with E-state index in [4.69, 9.17) is 4.74 Å². The zero-order chi connectivity index (χ0) is 34.5. The highest BCUT2D eigenvalue weighted by molar-refractivity contribution is 6.01. The number of carbonyl (C=O) groups is 1. The molecule has 5 rings (SSSR count). The van der Waals surface area contributed by atoms with Gasteiger partial charge in [-0.3, -0.25) is 4.79 Å². The third-order valence-corrected chi connectivity index (χ3v) is 8.53. The summed E-state index contributed by atoms with van der Waals surface area (Å²) in [6.07, 6.45) is 6.33. The highest BCUT2D eigenvalue weighted by Gasteiger charge is 2.41. The monoisotopic (exact) mass is 657 g/mol. The van der Waals surface area contributed by atoms with Crippen LogP contribution in [0.4, 0.5) is 17.6 Å². The second-order valence-electron chi connectivity index (χ2n) is 12.4. The van der Waals surface area contributed by atoms with Gasteiger partial charge < -0.3 is 14.6 Å². The lowest BCUT2D eigenvalue weighted by Gasteiger charge is -2.19. The summed E-state index contributed by atoms with van der Waals surface area (Å²) in [5, 5.41) is 0.251. The number of nitrogens with zero attached hydrogens (tertiary/aromatic N) is 2. The van der Waals surface area contributed by atoms with Gasteiger partial charge in [-0.2, -0.15) is 13.2 Å². The standard InChI is InChI=1S/C39H39F4N3O2/c1-5-26(11-10-14-35(47)46(3)4)22-38(19-20-38)25-48-34-18-16-29(24-44-34)36(31(23-39(41,42)43)27-12-8-7-9-13-27)28-15-17-33-30(21-28)37(40)32(6-2)45-33/h6-10,12-18,21-22,24,45H,2,5,11,19-20,23,25H2,1,3-4H3/b14-10+,26-22+,36-31-. The molecule has 2 aromatic carbocycles. The van der Waals surface area contributed by atoms with Crippen LogP contribution in [0.15, 0.2) is 97.2 Å². The molecule has 250 valence electrons. The molecule has 0 radical (unpaired) electrons. The number of allylic oxidation sites excluding steroid dienone is 3. The summed E-state index contributed by atoms with van der Waals surface area (Å²) in [6, 6.07) is 16.7. The molecule has 0 unspecified atom stereocenters. The first-order chi connectivity index (χ1) is 22.9. The zero-order valence-electron chi connectivity index (χ0n) is 27.3. The van der Waals surface area contributed by atoms with Crippen molar-refractivity contribution in [2.24, 2.45) is 5.41 Å². The fourth-order valence-electron chi connectivity index (χ4n) is 5.69. The van der Waals surface area contributed by atoms with Crippen LogP contribution in [0.1, 0.15) is 61.4 Å². The van der Waals surface area contributed by atoms with Gasteiger partial charge in [0.25, 0.3) is 0 Å². The number of benzene rings is 2. The summed E-state index contributed by atoms with van der Waals surface area (Å²) in [4.78, 5) is 20.9. The van der Waals surface area contributed by atoms with E-state index in [1.165, 1.54) is 22.7 Å². The fraction of sp³-hybridized carbons (Fsp3) is 0.282. The Balaban J connectivity index is 1.47. The van der Waals surface area contributed by atoms with E-state index in [1.54, 1.807) is 80.8 Å². The Morgan fingerprint density at radius 1 is 1.06 bits per heavy atom. The van der Waals surface area contributed by atoms with Crippen molar-refractivity contribution in [3.05, 3.63) is 125 Å². The van der Waals surface area contributed by atoms with Crippen LogP contribution in [-0.4, -0.2) is 47.7 Å². The Morgan fingerprint density at radius 2 is 1.79 bits per heavy atom. The number of hydrogen-bond donors (Lipinski definition) is 1. The predicted molar refractivity (Wildman–Crippen MR) is 184 cm³/mol. The molecule has 5 nitrogen and oxygen atoms in total. The van der Waals surface area contributed by atoms with Crippen molar-refractivity contribution >= 4 is 34.0 Å². The maximum absolute atomic E-state index is 15.2. The Kier molecular flexibility index (Phi) is 10.4. The van der Waals surface area contributed by atoms with Crippen LogP contribution in [-0.2, 0) is 4.79 Å². The van der Waals surface area contributed by atoms with Gasteiger partial charge in [0.2, 0.25) is 11.8 Å². The molecule has 1 amide bonds. The maximum Gasteiger partial charge on any atom is 0.393 e. The molecule has 9 heteroatoms. The van der Waals surface area contributed by atoms with E-state index >= 15 is 4.39 Å². The van der Waals surface area contributed by atoms with Crippen LogP contribution >= 0.6 is 0 Å². The predicted octanol–water partition coefficient (Wildman–Crippen LogP) is 9.79. The summed E-state index contributed by atoms with van der Waals surface area (Å²) >= 11 is 0. The fourth-order valence-corrected chi connectivity index (χ4v) is 5.69. The molecule has 1 saturated carbocycles. The molecule has 0 spiro atoms. The van der Waals surface area contributed by atoms with Gasteiger partial charge in [0.05, 0.1) is 18.7 Å². The molecule has 0 saturated heterocycles. The minimum absolute atomic E-state index is 0.0494. The first-order valence-electron chi connectivity index (χ1n) is 15.9. The third-order valence-electron chi connectivity index (χ3n) is 8.53. The van der Waals surface area contributed by atoms with Gasteiger partial charge in [-0.15, -0.1) is 0 Å². The molecular formula is C39H39F4N3O2. The number of amides is 1. The van der Waals surface area contributed by atoms with Crippen LogP contribution in [0, 0.1) is 11.2 Å². The third kappa shape index (κ3) is 8.32. The number of hydrogen-bond acceptors (Lipinski definition) is 3. The number of pyridine rings is 1. The van der Waals surface area contributed by atoms with Gasteiger partial charge in [0.15, 0.2) is 5.82 Å². The van der Waals surface area contributed by atoms with Crippen molar-refractivity contribution in [1.82, 2.24) is 14.9 Å². The van der Waals surface area contributed by atoms with Crippen molar-refractivity contribution in [2.45, 2.75) is 45.2 Å². The van der Waals surface area contributed by atoms with Gasteiger partial charge in [-0.1, -0.05) is 67.6 Å². The second kappa shape index (κ2) is 14.5. The molecule has 1 N–H and O–H groups in total.